The van der Waals surface area contributed by atoms with Gasteiger partial charge >= 0.3 is 0 Å². The minimum Gasteiger partial charge on any atom is -0.384 e. The van der Waals surface area contributed by atoms with Gasteiger partial charge in [-0.2, -0.15) is 4.98 Å². The van der Waals surface area contributed by atoms with E-state index in [1.54, 1.807) is 0 Å². The van der Waals surface area contributed by atoms with Crippen molar-refractivity contribution < 1.29 is 18.0 Å². The molecule has 0 aliphatic rings. The van der Waals surface area contributed by atoms with Crippen molar-refractivity contribution in [3.8, 4) is 0 Å². The zero-order valence-corrected chi connectivity index (χ0v) is 8.08. The molecule has 0 bridgehead atoms. The molecule has 0 aliphatic heterocycles. The van der Waals surface area contributed by atoms with E-state index >= 15 is 0 Å². The fourth-order valence-electron chi connectivity index (χ4n) is 0.730. The molecule has 0 aromatic carbocycles. The van der Waals surface area contributed by atoms with Gasteiger partial charge in [-0.25, -0.2) is 8.42 Å². The van der Waals surface area contributed by atoms with Gasteiger partial charge in [0.05, 0.1) is 0 Å². The van der Waals surface area contributed by atoms with Crippen LogP contribution in [0.15, 0.2) is 4.52 Å². The highest BCUT2D eigenvalue weighted by atomic mass is 32.2. The van der Waals surface area contributed by atoms with Crippen LogP contribution in [0.2, 0.25) is 0 Å². The van der Waals surface area contributed by atoms with E-state index in [1.807, 2.05) is 0 Å². The smallest absolute Gasteiger partial charge is 0.255 e. The quantitative estimate of drug-likeness (QED) is 0.727. The molecule has 0 amide bonds. The van der Waals surface area contributed by atoms with Crippen molar-refractivity contribution in [1.82, 2.24) is 10.1 Å². The molecule has 0 fully saturated rings. The zero-order chi connectivity index (χ0) is 10.1. The maximum Gasteiger partial charge on any atom is 0.255 e. The third-order valence-electron chi connectivity index (χ3n) is 1.23. The summed E-state index contributed by atoms with van der Waals surface area (Å²) in [5, 5.41) is 12.4. The summed E-state index contributed by atoms with van der Waals surface area (Å²) in [6.07, 6.45) is 0.201. The maximum absolute atomic E-state index is 10.8. The van der Waals surface area contributed by atoms with Crippen molar-refractivity contribution >= 4 is 9.84 Å². The van der Waals surface area contributed by atoms with E-state index in [9.17, 15) is 8.42 Å². The largest absolute Gasteiger partial charge is 0.384 e. The molecule has 1 unspecified atom stereocenters. The van der Waals surface area contributed by atoms with Crippen LogP contribution in [0, 0.1) is 0 Å². The van der Waals surface area contributed by atoms with Gasteiger partial charge in [-0.3, -0.25) is 0 Å². The predicted molar refractivity (Wildman–Crippen MR) is 43.5 cm³/mol. The molecular formula is C6H10N2O4S. The van der Waals surface area contributed by atoms with Crippen LogP contribution in [0.3, 0.4) is 0 Å². The van der Waals surface area contributed by atoms with Crippen molar-refractivity contribution in [1.29, 1.82) is 0 Å². The minimum atomic E-state index is -3.16. The molecule has 0 radical (unpaired) electrons. The summed E-state index contributed by atoms with van der Waals surface area (Å²) in [7, 11) is -3.16. The molecule has 1 atom stereocenters. The lowest BCUT2D eigenvalue weighted by Crippen LogP contribution is -2.02. The Balaban J connectivity index is 2.81. The Morgan fingerprint density at radius 2 is 2.23 bits per heavy atom. The molecular weight excluding hydrogens is 196 g/mol. The van der Waals surface area contributed by atoms with Crippen LogP contribution in [-0.4, -0.2) is 29.9 Å². The van der Waals surface area contributed by atoms with E-state index in [0.29, 0.717) is 0 Å². The fraction of sp³-hybridized carbons (Fsp3) is 0.667. The molecule has 0 saturated carbocycles. The highest BCUT2D eigenvalue weighted by Gasteiger charge is 2.14. The van der Waals surface area contributed by atoms with Crippen LogP contribution in [0.25, 0.3) is 0 Å². The molecule has 0 spiro atoms. The van der Waals surface area contributed by atoms with Gasteiger partial charge in [0.1, 0.15) is 11.9 Å². The van der Waals surface area contributed by atoms with Crippen LogP contribution < -0.4 is 0 Å². The molecule has 13 heavy (non-hydrogen) atoms. The Morgan fingerprint density at radius 3 is 2.62 bits per heavy atom. The van der Waals surface area contributed by atoms with Crippen molar-refractivity contribution in [2.75, 3.05) is 6.26 Å². The Bertz CT molecular complexity index is 381. The van der Waals surface area contributed by atoms with Gasteiger partial charge in [-0.15, -0.1) is 0 Å². The van der Waals surface area contributed by atoms with E-state index in [4.69, 9.17) is 5.11 Å². The second-order valence-corrected chi connectivity index (χ2v) is 4.94. The van der Waals surface area contributed by atoms with E-state index in [1.165, 1.54) is 6.92 Å². The van der Waals surface area contributed by atoms with Crippen LogP contribution in [0.5, 0.6) is 0 Å². The third-order valence-corrected chi connectivity index (χ3v) is 2.02. The van der Waals surface area contributed by atoms with Crippen molar-refractivity contribution in [3.05, 3.63) is 11.7 Å². The van der Waals surface area contributed by atoms with Gasteiger partial charge in [0.15, 0.2) is 15.7 Å². The third kappa shape index (κ3) is 3.11. The molecule has 1 aromatic rings. The summed E-state index contributed by atoms with van der Waals surface area (Å²) in [6.45, 7) is 1.46. The summed E-state index contributed by atoms with van der Waals surface area (Å²) < 4.78 is 26.2. The Hall–Kier alpha value is -0.950. The second kappa shape index (κ2) is 3.43. The monoisotopic (exact) mass is 206 g/mol. The summed E-state index contributed by atoms with van der Waals surface area (Å²) in [4.78, 5) is 3.69. The molecule has 74 valence electrons. The average Bonchev–Trinajstić information content (AvgIpc) is 2.31. The minimum absolute atomic E-state index is 0.0265. The summed E-state index contributed by atoms with van der Waals surface area (Å²) >= 11 is 0. The van der Waals surface area contributed by atoms with E-state index in [0.717, 1.165) is 6.26 Å². The number of aromatic nitrogens is 2. The van der Waals surface area contributed by atoms with E-state index in [2.05, 4.69) is 14.7 Å². The summed E-state index contributed by atoms with van der Waals surface area (Å²) in [5.74, 6) is -0.180. The standard InChI is InChI=1S/C6H10N2O4S/c1-4(9)6-7-5(8-12-6)3-13(2,10)11/h4,9H,3H2,1-2H3. The highest BCUT2D eigenvalue weighted by molar-refractivity contribution is 7.89. The number of aliphatic hydroxyl groups is 1. The number of hydrogen-bond donors (Lipinski definition) is 1. The first-order valence-electron chi connectivity index (χ1n) is 3.57. The molecule has 1 heterocycles. The topological polar surface area (TPSA) is 93.3 Å². The Morgan fingerprint density at radius 1 is 1.62 bits per heavy atom. The lowest BCUT2D eigenvalue weighted by Gasteiger charge is -1.92. The highest BCUT2D eigenvalue weighted by Crippen LogP contribution is 2.09. The average molecular weight is 206 g/mol. The van der Waals surface area contributed by atoms with Gasteiger partial charge in [0.25, 0.3) is 5.89 Å². The first-order chi connectivity index (χ1) is 5.88. The first-order valence-corrected chi connectivity index (χ1v) is 5.63. The molecule has 1 aromatic heterocycles. The van der Waals surface area contributed by atoms with Gasteiger partial charge in [0, 0.05) is 6.26 Å². The van der Waals surface area contributed by atoms with Crippen molar-refractivity contribution in [3.63, 3.8) is 0 Å². The number of rotatable bonds is 3. The molecule has 0 saturated heterocycles. The molecule has 1 rings (SSSR count). The molecule has 0 aliphatic carbocycles. The number of hydrogen-bond acceptors (Lipinski definition) is 6. The Kier molecular flexibility index (Phi) is 2.67. The molecule has 1 N–H and O–H groups in total. The summed E-state index contributed by atoms with van der Waals surface area (Å²) in [5.41, 5.74) is 0. The maximum atomic E-state index is 10.8. The van der Waals surface area contributed by atoms with Crippen molar-refractivity contribution in [2.24, 2.45) is 0 Å². The van der Waals surface area contributed by atoms with Gasteiger partial charge in [-0.1, -0.05) is 5.16 Å². The van der Waals surface area contributed by atoms with Crippen molar-refractivity contribution in [2.45, 2.75) is 18.8 Å². The SMILES string of the molecule is CC(O)c1nc(CS(C)(=O)=O)no1. The van der Waals surface area contributed by atoms with Gasteiger partial charge in [-0.05, 0) is 6.92 Å². The summed E-state index contributed by atoms with van der Waals surface area (Å²) in [6, 6.07) is 0. The van der Waals surface area contributed by atoms with Crippen LogP contribution in [0.1, 0.15) is 24.7 Å². The van der Waals surface area contributed by atoms with Gasteiger partial charge < -0.3 is 9.63 Å². The predicted octanol–water partition coefficient (Wildman–Crippen LogP) is -0.333. The lowest BCUT2D eigenvalue weighted by atomic mass is 10.4. The number of nitrogens with zero attached hydrogens (tertiary/aromatic N) is 2. The zero-order valence-electron chi connectivity index (χ0n) is 7.26. The number of aliphatic hydroxyl groups excluding tert-OH is 1. The first kappa shape index (κ1) is 10.1. The Labute approximate surface area is 75.5 Å². The van der Waals surface area contributed by atoms with Gasteiger partial charge in [0.2, 0.25) is 0 Å². The van der Waals surface area contributed by atoms with Crippen LogP contribution in [0.4, 0.5) is 0 Å². The van der Waals surface area contributed by atoms with Crippen LogP contribution in [-0.2, 0) is 15.6 Å². The second-order valence-electron chi connectivity index (χ2n) is 2.79. The van der Waals surface area contributed by atoms with Crippen LogP contribution >= 0.6 is 0 Å². The molecule has 6 nitrogen and oxygen atoms in total. The van der Waals surface area contributed by atoms with E-state index in [-0.39, 0.29) is 17.5 Å². The molecule has 7 heteroatoms. The fourth-order valence-corrected chi connectivity index (χ4v) is 1.32. The van der Waals surface area contributed by atoms with E-state index < -0.39 is 15.9 Å². The number of sulfone groups is 1. The lowest BCUT2D eigenvalue weighted by molar-refractivity contribution is 0.151. The normalized spacial score (nSPS) is 14.4.